The molecule has 0 aromatic heterocycles. The van der Waals surface area contributed by atoms with Gasteiger partial charge in [-0.3, -0.25) is 0 Å². The predicted molar refractivity (Wildman–Crippen MR) is 81.4 cm³/mol. The number of nitrogens with two attached hydrogens (primary N) is 1. The topological polar surface area (TPSA) is 66.6 Å². The molecule has 6 heteroatoms. The van der Waals surface area contributed by atoms with Gasteiger partial charge in [-0.25, -0.2) is 12.7 Å². The van der Waals surface area contributed by atoms with Crippen LogP contribution in [0.25, 0.3) is 0 Å². The molecule has 1 atom stereocenters. The predicted octanol–water partition coefficient (Wildman–Crippen LogP) is 1.25. The normalized spacial score (nSPS) is 20.4. The number of anilines is 1. The number of sulfonamides is 1. The lowest BCUT2D eigenvalue weighted by molar-refractivity contribution is 0.465. The Kier molecular flexibility index (Phi) is 4.67. The Morgan fingerprint density at radius 2 is 1.90 bits per heavy atom. The number of hydrogen-bond donors (Lipinski definition) is 1. The van der Waals surface area contributed by atoms with Crippen LogP contribution in [0.3, 0.4) is 0 Å². The van der Waals surface area contributed by atoms with E-state index in [1.807, 2.05) is 12.1 Å². The molecule has 1 aromatic carbocycles. The number of benzene rings is 1. The summed E-state index contributed by atoms with van der Waals surface area (Å²) in [7, 11) is -0.273. The SMILES string of the molecule is CN(C)S(=O)(=O)c1ccc(N2CCCCC2CN)cc1. The first-order valence-corrected chi connectivity index (χ1v) is 8.40. The van der Waals surface area contributed by atoms with Gasteiger partial charge in [0.2, 0.25) is 10.0 Å². The van der Waals surface area contributed by atoms with Crippen LogP contribution in [0, 0.1) is 0 Å². The molecular weight excluding hydrogens is 274 g/mol. The quantitative estimate of drug-likeness (QED) is 0.908. The van der Waals surface area contributed by atoms with Crippen LogP contribution in [0.15, 0.2) is 29.2 Å². The molecule has 0 spiro atoms. The van der Waals surface area contributed by atoms with Crippen LogP contribution in [-0.2, 0) is 10.0 Å². The van der Waals surface area contributed by atoms with Crippen molar-refractivity contribution in [2.45, 2.75) is 30.2 Å². The Hall–Kier alpha value is -1.11. The number of hydrogen-bond acceptors (Lipinski definition) is 4. The van der Waals surface area contributed by atoms with Crippen molar-refractivity contribution < 1.29 is 8.42 Å². The molecule has 5 nitrogen and oxygen atoms in total. The van der Waals surface area contributed by atoms with Gasteiger partial charge in [0.15, 0.2) is 0 Å². The molecule has 0 saturated carbocycles. The van der Waals surface area contributed by atoms with Crippen LogP contribution < -0.4 is 10.6 Å². The summed E-state index contributed by atoms with van der Waals surface area (Å²) < 4.78 is 25.3. The minimum absolute atomic E-state index is 0.326. The van der Waals surface area contributed by atoms with E-state index >= 15 is 0 Å². The highest BCUT2D eigenvalue weighted by atomic mass is 32.2. The van der Waals surface area contributed by atoms with Crippen LogP contribution in [0.1, 0.15) is 19.3 Å². The molecular formula is C14H23N3O2S. The highest BCUT2D eigenvalue weighted by Gasteiger charge is 2.22. The Morgan fingerprint density at radius 1 is 1.25 bits per heavy atom. The van der Waals surface area contributed by atoms with Gasteiger partial charge in [0, 0.05) is 38.9 Å². The van der Waals surface area contributed by atoms with Crippen molar-refractivity contribution in [1.82, 2.24) is 4.31 Å². The van der Waals surface area contributed by atoms with Crippen LogP contribution in [-0.4, -0.2) is 45.9 Å². The van der Waals surface area contributed by atoms with Crippen molar-refractivity contribution >= 4 is 15.7 Å². The molecule has 0 amide bonds. The second-order valence-corrected chi connectivity index (χ2v) is 7.51. The van der Waals surface area contributed by atoms with Crippen molar-refractivity contribution in [2.75, 3.05) is 32.1 Å². The third kappa shape index (κ3) is 2.97. The molecule has 112 valence electrons. The molecule has 0 radical (unpaired) electrons. The fraction of sp³-hybridized carbons (Fsp3) is 0.571. The van der Waals surface area contributed by atoms with Crippen LogP contribution >= 0.6 is 0 Å². The van der Waals surface area contributed by atoms with E-state index in [0.717, 1.165) is 25.1 Å². The highest BCUT2D eigenvalue weighted by molar-refractivity contribution is 7.89. The van der Waals surface area contributed by atoms with Gasteiger partial charge in [0.25, 0.3) is 0 Å². The molecule has 2 rings (SSSR count). The summed E-state index contributed by atoms with van der Waals surface area (Å²) in [4.78, 5) is 2.61. The van der Waals surface area contributed by atoms with Gasteiger partial charge in [-0.1, -0.05) is 0 Å². The molecule has 0 aliphatic carbocycles. The fourth-order valence-corrected chi connectivity index (χ4v) is 3.51. The van der Waals surface area contributed by atoms with Crippen LogP contribution in [0.4, 0.5) is 5.69 Å². The van der Waals surface area contributed by atoms with E-state index in [1.165, 1.54) is 10.7 Å². The van der Waals surface area contributed by atoms with Gasteiger partial charge in [0.1, 0.15) is 0 Å². The van der Waals surface area contributed by atoms with Gasteiger partial charge < -0.3 is 10.6 Å². The van der Waals surface area contributed by atoms with Crippen molar-refractivity contribution in [3.05, 3.63) is 24.3 Å². The monoisotopic (exact) mass is 297 g/mol. The molecule has 1 fully saturated rings. The Bertz CT molecular complexity index is 540. The van der Waals surface area contributed by atoms with E-state index in [0.29, 0.717) is 17.5 Å². The average Bonchev–Trinajstić information content (AvgIpc) is 2.47. The van der Waals surface area contributed by atoms with Crippen molar-refractivity contribution in [3.63, 3.8) is 0 Å². The number of piperidine rings is 1. The smallest absolute Gasteiger partial charge is 0.242 e. The summed E-state index contributed by atoms with van der Waals surface area (Å²) in [5.41, 5.74) is 6.88. The van der Waals surface area contributed by atoms with E-state index in [2.05, 4.69) is 4.90 Å². The maximum absolute atomic E-state index is 12.0. The summed E-state index contributed by atoms with van der Waals surface area (Å²) >= 11 is 0. The largest absolute Gasteiger partial charge is 0.367 e. The summed E-state index contributed by atoms with van der Waals surface area (Å²) in [5.74, 6) is 0. The molecule has 1 aromatic rings. The second-order valence-electron chi connectivity index (χ2n) is 5.36. The molecule has 1 saturated heterocycles. The van der Waals surface area contributed by atoms with Crippen molar-refractivity contribution in [3.8, 4) is 0 Å². The molecule has 1 heterocycles. The molecule has 20 heavy (non-hydrogen) atoms. The van der Waals surface area contributed by atoms with Gasteiger partial charge in [-0.15, -0.1) is 0 Å². The van der Waals surface area contributed by atoms with Gasteiger partial charge >= 0.3 is 0 Å². The molecule has 2 N–H and O–H groups in total. The van der Waals surface area contributed by atoms with Crippen molar-refractivity contribution in [2.24, 2.45) is 5.73 Å². The van der Waals surface area contributed by atoms with Gasteiger partial charge in [-0.05, 0) is 43.5 Å². The van der Waals surface area contributed by atoms with Crippen LogP contribution in [0.2, 0.25) is 0 Å². The Labute approximate surface area is 121 Å². The summed E-state index contributed by atoms with van der Waals surface area (Å²) in [6.45, 7) is 1.62. The molecule has 1 unspecified atom stereocenters. The first-order valence-electron chi connectivity index (χ1n) is 6.96. The average molecular weight is 297 g/mol. The minimum atomic E-state index is -3.35. The van der Waals surface area contributed by atoms with E-state index < -0.39 is 10.0 Å². The first kappa shape index (κ1) is 15.3. The van der Waals surface area contributed by atoms with Gasteiger partial charge in [-0.2, -0.15) is 0 Å². The second kappa shape index (κ2) is 6.11. The van der Waals surface area contributed by atoms with Crippen LogP contribution in [0.5, 0.6) is 0 Å². The standard InChI is InChI=1S/C14H23N3O2S/c1-16(2)20(18,19)14-8-6-12(7-9-14)17-10-4-3-5-13(17)11-15/h6-9,13H,3-5,10-11,15H2,1-2H3. The van der Waals surface area contributed by atoms with E-state index in [1.54, 1.807) is 26.2 Å². The lowest BCUT2D eigenvalue weighted by Gasteiger charge is -2.37. The summed E-state index contributed by atoms with van der Waals surface area (Å²) in [6.07, 6.45) is 3.48. The number of nitrogens with zero attached hydrogens (tertiary/aromatic N) is 2. The zero-order valence-electron chi connectivity index (χ0n) is 12.1. The summed E-state index contributed by atoms with van der Waals surface area (Å²) in [5, 5.41) is 0. The maximum Gasteiger partial charge on any atom is 0.242 e. The third-order valence-electron chi connectivity index (χ3n) is 3.85. The van der Waals surface area contributed by atoms with Gasteiger partial charge in [0.05, 0.1) is 4.90 Å². The van der Waals surface area contributed by atoms with E-state index in [4.69, 9.17) is 5.73 Å². The van der Waals surface area contributed by atoms with E-state index in [9.17, 15) is 8.42 Å². The highest BCUT2D eigenvalue weighted by Crippen LogP contribution is 2.26. The first-order chi connectivity index (χ1) is 9.46. The zero-order chi connectivity index (χ0) is 14.8. The lowest BCUT2D eigenvalue weighted by atomic mass is 10.0. The molecule has 1 aliphatic rings. The minimum Gasteiger partial charge on any atom is -0.367 e. The zero-order valence-corrected chi connectivity index (χ0v) is 12.9. The van der Waals surface area contributed by atoms with E-state index in [-0.39, 0.29) is 0 Å². The maximum atomic E-state index is 12.0. The summed E-state index contributed by atoms with van der Waals surface area (Å²) in [6, 6.07) is 7.47. The van der Waals surface area contributed by atoms with Crippen molar-refractivity contribution in [1.29, 1.82) is 0 Å². The lowest BCUT2D eigenvalue weighted by Crippen LogP contribution is -2.44. The Balaban J connectivity index is 2.24. The Morgan fingerprint density at radius 3 is 2.45 bits per heavy atom. The molecule has 0 bridgehead atoms. The third-order valence-corrected chi connectivity index (χ3v) is 5.68. The molecule has 1 aliphatic heterocycles. The fourth-order valence-electron chi connectivity index (χ4n) is 2.61. The number of rotatable bonds is 4.